The molecular weight excluding hydrogens is 110 g/mol. The van der Waals surface area contributed by atoms with E-state index in [0.29, 0.717) is 5.54 Å². The molecule has 50 valence electrons. The summed E-state index contributed by atoms with van der Waals surface area (Å²) in [5.74, 6) is 0. The molecule has 0 bridgehead atoms. The first-order chi connectivity index (χ1) is 4.37. The van der Waals surface area contributed by atoms with Crippen molar-refractivity contribution in [1.29, 1.82) is 0 Å². The molecule has 1 aliphatic carbocycles. The molecule has 1 saturated carbocycles. The lowest BCUT2D eigenvalue weighted by molar-refractivity contribution is 0.513. The Balaban J connectivity index is 2.09. The molecule has 2 atom stereocenters. The van der Waals surface area contributed by atoms with E-state index in [0.717, 1.165) is 6.04 Å². The van der Waals surface area contributed by atoms with Crippen molar-refractivity contribution in [1.82, 2.24) is 5.32 Å². The van der Waals surface area contributed by atoms with Crippen LogP contribution < -0.4 is 5.32 Å². The van der Waals surface area contributed by atoms with Crippen molar-refractivity contribution in [3.8, 4) is 0 Å². The Hall–Kier alpha value is -0.300. The molecule has 2 fully saturated rings. The molecule has 0 amide bonds. The number of nitrogens with one attached hydrogen (secondary N) is 1. The quantitative estimate of drug-likeness (QED) is 0.414. The van der Waals surface area contributed by atoms with Crippen molar-refractivity contribution in [3.63, 3.8) is 0 Å². The van der Waals surface area contributed by atoms with Gasteiger partial charge in [-0.1, -0.05) is 18.9 Å². The zero-order chi connectivity index (χ0) is 6.32. The van der Waals surface area contributed by atoms with Gasteiger partial charge in [0.1, 0.15) is 0 Å². The first-order valence-electron chi connectivity index (χ1n) is 3.79. The highest BCUT2D eigenvalue weighted by Crippen LogP contribution is 2.40. The highest BCUT2D eigenvalue weighted by atomic mass is 15.2. The van der Waals surface area contributed by atoms with E-state index < -0.39 is 0 Å². The Morgan fingerprint density at radius 3 is 3.00 bits per heavy atom. The van der Waals surface area contributed by atoms with Crippen LogP contribution in [0, 0.1) is 0 Å². The van der Waals surface area contributed by atoms with Crippen molar-refractivity contribution < 1.29 is 0 Å². The lowest BCUT2D eigenvalue weighted by Crippen LogP contribution is -2.16. The molecule has 0 spiro atoms. The van der Waals surface area contributed by atoms with Gasteiger partial charge < -0.3 is 5.32 Å². The molecule has 0 radical (unpaired) electrons. The summed E-state index contributed by atoms with van der Waals surface area (Å²) in [6.07, 6.45) is 7.58. The highest BCUT2D eigenvalue weighted by Gasteiger charge is 2.51. The summed E-state index contributed by atoms with van der Waals surface area (Å²) in [6, 6.07) is 0.795. The average Bonchev–Trinajstić information content (AvgIpc) is 2.62. The Labute approximate surface area is 56.1 Å². The van der Waals surface area contributed by atoms with Gasteiger partial charge >= 0.3 is 0 Å². The van der Waals surface area contributed by atoms with Gasteiger partial charge in [0.05, 0.1) is 5.54 Å². The van der Waals surface area contributed by atoms with E-state index in [1.165, 1.54) is 25.7 Å². The predicted octanol–water partition coefficient (Wildman–Crippen LogP) is 1.46. The van der Waals surface area contributed by atoms with Gasteiger partial charge in [-0.3, -0.25) is 0 Å². The second kappa shape index (κ2) is 1.60. The van der Waals surface area contributed by atoms with Crippen LogP contribution in [0.4, 0.5) is 0 Å². The fraction of sp³-hybridized carbons (Fsp3) is 0.750. The minimum atomic E-state index is 0.401. The maximum Gasteiger partial charge on any atom is 0.0520 e. The molecule has 0 aromatic carbocycles. The van der Waals surface area contributed by atoms with Crippen LogP contribution in [-0.2, 0) is 0 Å². The van der Waals surface area contributed by atoms with E-state index in [4.69, 9.17) is 0 Å². The second-order valence-corrected chi connectivity index (χ2v) is 3.19. The Morgan fingerprint density at radius 1 is 1.56 bits per heavy atom. The van der Waals surface area contributed by atoms with Crippen molar-refractivity contribution in [3.05, 3.63) is 12.7 Å². The van der Waals surface area contributed by atoms with Crippen LogP contribution in [0.3, 0.4) is 0 Å². The standard InChI is InChI=1S/C8H13N/c1-2-8-6-4-3-5-7(8)9-8/h2,7,9H,1,3-6H2/t7-,8+/m1/s1. The van der Waals surface area contributed by atoms with E-state index in [1.54, 1.807) is 0 Å². The lowest BCUT2D eigenvalue weighted by Gasteiger charge is -2.13. The maximum absolute atomic E-state index is 3.84. The van der Waals surface area contributed by atoms with Gasteiger partial charge in [0.2, 0.25) is 0 Å². The van der Waals surface area contributed by atoms with Crippen molar-refractivity contribution in [2.24, 2.45) is 0 Å². The Bertz CT molecular complexity index is 142. The molecule has 0 unspecified atom stereocenters. The molecule has 0 aromatic heterocycles. The van der Waals surface area contributed by atoms with E-state index in [9.17, 15) is 0 Å². The van der Waals surface area contributed by atoms with Crippen molar-refractivity contribution >= 4 is 0 Å². The monoisotopic (exact) mass is 123 g/mol. The third-order valence-corrected chi connectivity index (χ3v) is 2.68. The Morgan fingerprint density at radius 2 is 2.44 bits per heavy atom. The molecule has 1 heterocycles. The SMILES string of the molecule is C=C[C@]12CCCC[C@H]1N2. The molecule has 9 heavy (non-hydrogen) atoms. The molecule has 0 aromatic rings. The Kier molecular flexibility index (Phi) is 0.974. The fourth-order valence-electron chi connectivity index (χ4n) is 1.93. The third kappa shape index (κ3) is 0.645. The van der Waals surface area contributed by atoms with Crippen molar-refractivity contribution in [2.75, 3.05) is 0 Å². The van der Waals surface area contributed by atoms with Gasteiger partial charge in [0, 0.05) is 6.04 Å². The molecule has 2 rings (SSSR count). The van der Waals surface area contributed by atoms with Gasteiger partial charge in [-0.15, -0.1) is 6.58 Å². The van der Waals surface area contributed by atoms with E-state index in [2.05, 4.69) is 18.0 Å². The minimum Gasteiger partial charge on any atom is -0.302 e. The van der Waals surface area contributed by atoms with Gasteiger partial charge in [-0.25, -0.2) is 0 Å². The number of rotatable bonds is 1. The highest BCUT2D eigenvalue weighted by molar-refractivity contribution is 5.24. The summed E-state index contributed by atoms with van der Waals surface area (Å²) in [4.78, 5) is 0. The van der Waals surface area contributed by atoms with Crippen LogP contribution in [0.5, 0.6) is 0 Å². The maximum atomic E-state index is 3.84. The van der Waals surface area contributed by atoms with E-state index in [1.807, 2.05) is 0 Å². The zero-order valence-electron chi connectivity index (χ0n) is 5.69. The summed E-state index contributed by atoms with van der Waals surface area (Å²) in [5, 5.41) is 3.48. The molecular formula is C8H13N. The first-order valence-corrected chi connectivity index (χ1v) is 3.79. The molecule has 1 nitrogen and oxygen atoms in total. The summed E-state index contributed by atoms with van der Waals surface area (Å²) in [6.45, 7) is 3.84. The minimum absolute atomic E-state index is 0.401. The molecule has 1 saturated heterocycles. The van der Waals surface area contributed by atoms with Crippen LogP contribution in [0.25, 0.3) is 0 Å². The van der Waals surface area contributed by atoms with E-state index in [-0.39, 0.29) is 0 Å². The van der Waals surface area contributed by atoms with Crippen LogP contribution in [0.2, 0.25) is 0 Å². The van der Waals surface area contributed by atoms with Gasteiger partial charge in [0.15, 0.2) is 0 Å². The smallest absolute Gasteiger partial charge is 0.0520 e. The largest absolute Gasteiger partial charge is 0.302 e. The molecule has 1 heteroatoms. The summed E-state index contributed by atoms with van der Waals surface area (Å²) < 4.78 is 0. The fourth-order valence-corrected chi connectivity index (χ4v) is 1.93. The van der Waals surface area contributed by atoms with Crippen LogP contribution in [0.1, 0.15) is 25.7 Å². The van der Waals surface area contributed by atoms with Crippen molar-refractivity contribution in [2.45, 2.75) is 37.3 Å². The number of fused-ring (bicyclic) bond motifs is 1. The summed E-state index contributed by atoms with van der Waals surface area (Å²) >= 11 is 0. The van der Waals surface area contributed by atoms with Crippen LogP contribution in [0.15, 0.2) is 12.7 Å². The van der Waals surface area contributed by atoms with Crippen LogP contribution >= 0.6 is 0 Å². The molecule has 2 aliphatic rings. The number of hydrogen-bond donors (Lipinski definition) is 1. The lowest BCUT2D eigenvalue weighted by atomic mass is 9.89. The van der Waals surface area contributed by atoms with Gasteiger partial charge in [-0.05, 0) is 12.8 Å². The molecule has 1 aliphatic heterocycles. The second-order valence-electron chi connectivity index (χ2n) is 3.19. The topological polar surface area (TPSA) is 21.9 Å². The average molecular weight is 123 g/mol. The summed E-state index contributed by atoms with van der Waals surface area (Å²) in [5.41, 5.74) is 0.401. The van der Waals surface area contributed by atoms with E-state index >= 15 is 0 Å². The third-order valence-electron chi connectivity index (χ3n) is 2.68. The normalized spacial score (nSPS) is 47.8. The van der Waals surface area contributed by atoms with Gasteiger partial charge in [-0.2, -0.15) is 0 Å². The zero-order valence-corrected chi connectivity index (χ0v) is 5.69. The first kappa shape index (κ1) is 5.48. The predicted molar refractivity (Wildman–Crippen MR) is 38.3 cm³/mol. The summed E-state index contributed by atoms with van der Waals surface area (Å²) in [7, 11) is 0. The number of hydrogen-bond acceptors (Lipinski definition) is 1. The molecule has 1 N–H and O–H groups in total. The van der Waals surface area contributed by atoms with Crippen LogP contribution in [-0.4, -0.2) is 11.6 Å². The van der Waals surface area contributed by atoms with Gasteiger partial charge in [0.25, 0.3) is 0 Å².